The second kappa shape index (κ2) is 5.89. The van der Waals surface area contributed by atoms with Crippen LogP contribution >= 0.6 is 0 Å². The van der Waals surface area contributed by atoms with Gasteiger partial charge in [-0.2, -0.15) is 13.2 Å². The fourth-order valence-corrected chi connectivity index (χ4v) is 2.51. The number of piperidine rings is 1. The average Bonchev–Trinajstić information content (AvgIpc) is 2.17. The third kappa shape index (κ3) is 4.32. The van der Waals surface area contributed by atoms with Crippen molar-refractivity contribution in [3.8, 4) is 0 Å². The molecule has 0 spiro atoms. The highest BCUT2D eigenvalue weighted by atomic mass is 19.4. The molecule has 2 atom stereocenters. The van der Waals surface area contributed by atoms with Crippen LogP contribution < -0.4 is 0 Å². The highest BCUT2D eigenvalue weighted by molar-refractivity contribution is 4.78. The van der Waals surface area contributed by atoms with Crippen molar-refractivity contribution in [2.75, 3.05) is 19.6 Å². The van der Waals surface area contributed by atoms with Crippen LogP contribution in [0.1, 0.15) is 39.5 Å². The lowest BCUT2D eigenvalue weighted by molar-refractivity contribution is -0.187. The molecule has 96 valence electrons. The fourth-order valence-electron chi connectivity index (χ4n) is 2.51. The molecule has 0 aromatic heterocycles. The van der Waals surface area contributed by atoms with Crippen LogP contribution in [0.3, 0.4) is 0 Å². The third-order valence-electron chi connectivity index (χ3n) is 3.32. The summed E-state index contributed by atoms with van der Waals surface area (Å²) < 4.78 is 37.7. The highest BCUT2D eigenvalue weighted by Crippen LogP contribution is 2.33. The first-order valence-electron chi connectivity index (χ1n) is 6.22. The standard InChI is InChI=1S/C12H22F3N/c1-3-5-10(2)8-16-7-4-6-11(9-16)12(13,14)15/h10-11H,3-9H2,1-2H3. The lowest BCUT2D eigenvalue weighted by atomic mass is 9.96. The quantitative estimate of drug-likeness (QED) is 0.720. The molecule has 4 heteroatoms. The minimum atomic E-state index is -4.01. The van der Waals surface area contributed by atoms with Crippen molar-refractivity contribution >= 4 is 0 Å². The summed E-state index contributed by atoms with van der Waals surface area (Å²) in [6.07, 6.45) is -0.803. The second-order valence-electron chi connectivity index (χ2n) is 5.03. The van der Waals surface area contributed by atoms with E-state index < -0.39 is 12.1 Å². The molecule has 0 radical (unpaired) electrons. The Labute approximate surface area is 96.0 Å². The van der Waals surface area contributed by atoms with E-state index in [1.807, 2.05) is 4.90 Å². The molecular weight excluding hydrogens is 215 g/mol. The molecule has 1 heterocycles. The Morgan fingerprint density at radius 2 is 2.06 bits per heavy atom. The molecular formula is C12H22F3N. The van der Waals surface area contributed by atoms with E-state index in [2.05, 4.69) is 13.8 Å². The number of likely N-dealkylation sites (tertiary alicyclic amines) is 1. The zero-order valence-corrected chi connectivity index (χ0v) is 10.2. The Kier molecular flexibility index (Phi) is 5.09. The number of halogens is 3. The van der Waals surface area contributed by atoms with Crippen molar-refractivity contribution in [1.29, 1.82) is 0 Å². The molecule has 1 aliphatic rings. The van der Waals surface area contributed by atoms with E-state index >= 15 is 0 Å². The van der Waals surface area contributed by atoms with Gasteiger partial charge in [0.05, 0.1) is 5.92 Å². The van der Waals surface area contributed by atoms with Crippen LogP contribution in [-0.2, 0) is 0 Å². The minimum Gasteiger partial charge on any atom is -0.302 e. The Morgan fingerprint density at radius 3 is 2.62 bits per heavy atom. The molecule has 1 nitrogen and oxygen atoms in total. The number of hydrogen-bond acceptors (Lipinski definition) is 1. The van der Waals surface area contributed by atoms with Gasteiger partial charge in [0.25, 0.3) is 0 Å². The lowest BCUT2D eigenvalue weighted by Crippen LogP contribution is -2.43. The molecule has 1 fully saturated rings. The van der Waals surface area contributed by atoms with Gasteiger partial charge in [0, 0.05) is 13.1 Å². The average molecular weight is 237 g/mol. The van der Waals surface area contributed by atoms with E-state index in [0.717, 1.165) is 25.9 Å². The number of hydrogen-bond donors (Lipinski definition) is 0. The lowest BCUT2D eigenvalue weighted by Gasteiger charge is -2.35. The fraction of sp³-hybridized carbons (Fsp3) is 1.00. The van der Waals surface area contributed by atoms with Crippen LogP contribution in [0.5, 0.6) is 0 Å². The molecule has 1 aliphatic heterocycles. The molecule has 1 rings (SSSR count). The zero-order chi connectivity index (χ0) is 12.2. The zero-order valence-electron chi connectivity index (χ0n) is 10.2. The highest BCUT2D eigenvalue weighted by Gasteiger charge is 2.41. The van der Waals surface area contributed by atoms with E-state index in [-0.39, 0.29) is 6.54 Å². The summed E-state index contributed by atoms with van der Waals surface area (Å²) in [6.45, 7) is 6.10. The molecule has 0 aromatic rings. The molecule has 0 amide bonds. The maximum absolute atomic E-state index is 12.6. The normalized spacial score (nSPS) is 25.7. The van der Waals surface area contributed by atoms with Crippen LogP contribution in [0.2, 0.25) is 0 Å². The van der Waals surface area contributed by atoms with Crippen molar-refractivity contribution < 1.29 is 13.2 Å². The van der Waals surface area contributed by atoms with Gasteiger partial charge in [-0.15, -0.1) is 0 Å². The van der Waals surface area contributed by atoms with Gasteiger partial charge in [-0.25, -0.2) is 0 Å². The minimum absolute atomic E-state index is 0.206. The van der Waals surface area contributed by atoms with Gasteiger partial charge in [-0.1, -0.05) is 20.3 Å². The third-order valence-corrected chi connectivity index (χ3v) is 3.32. The summed E-state index contributed by atoms with van der Waals surface area (Å²) in [6, 6.07) is 0. The summed E-state index contributed by atoms with van der Waals surface area (Å²) in [5.74, 6) is -0.591. The van der Waals surface area contributed by atoms with Crippen LogP contribution in [0.25, 0.3) is 0 Å². The van der Waals surface area contributed by atoms with Crippen molar-refractivity contribution in [3.05, 3.63) is 0 Å². The van der Waals surface area contributed by atoms with Crippen LogP contribution in [-0.4, -0.2) is 30.7 Å². The van der Waals surface area contributed by atoms with Crippen LogP contribution in [0, 0.1) is 11.8 Å². The second-order valence-corrected chi connectivity index (χ2v) is 5.03. The van der Waals surface area contributed by atoms with Gasteiger partial charge < -0.3 is 4.90 Å². The summed E-state index contributed by atoms with van der Waals surface area (Å²) in [7, 11) is 0. The van der Waals surface area contributed by atoms with Crippen LogP contribution in [0.4, 0.5) is 13.2 Å². The summed E-state index contributed by atoms with van der Waals surface area (Å²) in [4.78, 5) is 1.99. The van der Waals surface area contributed by atoms with Gasteiger partial charge >= 0.3 is 6.18 Å². The van der Waals surface area contributed by atoms with Gasteiger partial charge in [-0.3, -0.25) is 0 Å². The van der Waals surface area contributed by atoms with Crippen molar-refractivity contribution in [3.63, 3.8) is 0 Å². The number of rotatable bonds is 4. The smallest absolute Gasteiger partial charge is 0.302 e. The largest absolute Gasteiger partial charge is 0.393 e. The molecule has 0 N–H and O–H groups in total. The van der Waals surface area contributed by atoms with Crippen molar-refractivity contribution in [2.24, 2.45) is 11.8 Å². The topological polar surface area (TPSA) is 3.24 Å². The summed E-state index contributed by atoms with van der Waals surface area (Å²) >= 11 is 0. The van der Waals surface area contributed by atoms with E-state index in [1.165, 1.54) is 0 Å². The van der Waals surface area contributed by atoms with Gasteiger partial charge in [0.1, 0.15) is 0 Å². The predicted molar refractivity (Wildman–Crippen MR) is 59.3 cm³/mol. The van der Waals surface area contributed by atoms with Gasteiger partial charge in [-0.05, 0) is 31.7 Å². The first-order valence-corrected chi connectivity index (χ1v) is 6.22. The summed E-state index contributed by atoms with van der Waals surface area (Å²) in [5.41, 5.74) is 0. The maximum atomic E-state index is 12.6. The molecule has 0 bridgehead atoms. The van der Waals surface area contributed by atoms with E-state index in [1.54, 1.807) is 0 Å². The van der Waals surface area contributed by atoms with Crippen molar-refractivity contribution in [1.82, 2.24) is 4.90 Å². The van der Waals surface area contributed by atoms with Gasteiger partial charge in [0.2, 0.25) is 0 Å². The first-order chi connectivity index (χ1) is 7.43. The molecule has 2 unspecified atom stereocenters. The molecule has 1 saturated heterocycles. The Balaban J connectivity index is 2.39. The number of nitrogens with zero attached hydrogens (tertiary/aromatic N) is 1. The Bertz CT molecular complexity index is 203. The van der Waals surface area contributed by atoms with Crippen molar-refractivity contribution in [2.45, 2.75) is 45.7 Å². The SMILES string of the molecule is CCCC(C)CN1CCCC(C(F)(F)F)C1. The molecule has 16 heavy (non-hydrogen) atoms. The first kappa shape index (κ1) is 13.8. The monoisotopic (exact) mass is 237 g/mol. The van der Waals surface area contributed by atoms with E-state index in [9.17, 15) is 13.2 Å². The molecule has 0 saturated carbocycles. The maximum Gasteiger partial charge on any atom is 0.393 e. The summed E-state index contributed by atoms with van der Waals surface area (Å²) in [5, 5.41) is 0. The molecule has 0 aliphatic carbocycles. The van der Waals surface area contributed by atoms with E-state index in [0.29, 0.717) is 18.8 Å². The Morgan fingerprint density at radius 1 is 1.38 bits per heavy atom. The number of alkyl halides is 3. The predicted octanol–water partition coefficient (Wildman–Crippen LogP) is 3.70. The molecule has 0 aromatic carbocycles. The van der Waals surface area contributed by atoms with E-state index in [4.69, 9.17) is 0 Å². The van der Waals surface area contributed by atoms with Crippen LogP contribution in [0.15, 0.2) is 0 Å². The van der Waals surface area contributed by atoms with Gasteiger partial charge in [0.15, 0.2) is 0 Å². The Hall–Kier alpha value is -0.250.